The van der Waals surface area contributed by atoms with Crippen LogP contribution in [0, 0.1) is 0 Å². The Labute approximate surface area is 203 Å². The average molecular weight is 503 g/mol. The molecule has 0 unspecified atom stereocenters. The van der Waals surface area contributed by atoms with Crippen LogP contribution in [0.3, 0.4) is 0 Å². The lowest BCUT2D eigenvalue weighted by Gasteiger charge is -2.49. The van der Waals surface area contributed by atoms with Crippen molar-refractivity contribution in [1.82, 2.24) is 15.1 Å². The van der Waals surface area contributed by atoms with Gasteiger partial charge in [0.1, 0.15) is 29.8 Å². The van der Waals surface area contributed by atoms with Crippen LogP contribution in [0.15, 0.2) is 41.1 Å². The van der Waals surface area contributed by atoms with Gasteiger partial charge in [0.15, 0.2) is 0 Å². The summed E-state index contributed by atoms with van der Waals surface area (Å²) in [5.74, 6) is -1.12. The molecule has 0 radical (unpaired) electrons. The first-order valence-corrected chi connectivity index (χ1v) is 11.6. The van der Waals surface area contributed by atoms with E-state index < -0.39 is 35.2 Å². The molecule has 3 N–H and O–H groups in total. The standard InChI is InChI=1S/C21H27ClN4O4S.ClH/c1-3-25(4-2)10-11-30-21(29)17-14(22)12-31-20-16(19(28)26(17)20)24-18(27)15(23)13-8-6-5-7-9-13;/h5-9,15-16,20H,3-4,10-12,23H2,1-2H3,(H,24,27);1H/t15-,16-,20-;/m1./s1. The van der Waals surface area contributed by atoms with Crippen molar-refractivity contribution in [1.29, 1.82) is 0 Å². The Hall–Kier alpha value is -1.78. The molecule has 1 saturated heterocycles. The van der Waals surface area contributed by atoms with Crippen LogP contribution in [-0.4, -0.2) is 71.0 Å². The number of nitrogens with one attached hydrogen (secondary N) is 1. The highest BCUT2D eigenvalue weighted by atomic mass is 35.5. The highest BCUT2D eigenvalue weighted by Gasteiger charge is 2.54. The van der Waals surface area contributed by atoms with E-state index in [-0.39, 0.29) is 29.7 Å². The molecule has 1 aromatic carbocycles. The minimum Gasteiger partial charge on any atom is -0.460 e. The largest absolute Gasteiger partial charge is 0.460 e. The first-order valence-electron chi connectivity index (χ1n) is 10.2. The van der Waals surface area contributed by atoms with E-state index >= 15 is 0 Å². The molecule has 11 heteroatoms. The topological polar surface area (TPSA) is 105 Å². The van der Waals surface area contributed by atoms with Crippen LogP contribution < -0.4 is 11.1 Å². The zero-order valence-corrected chi connectivity index (χ0v) is 20.3. The lowest BCUT2D eigenvalue weighted by Crippen LogP contribution is -2.71. The Morgan fingerprint density at radius 3 is 2.59 bits per heavy atom. The second kappa shape index (κ2) is 11.9. The third-order valence-corrected chi connectivity index (χ3v) is 7.14. The number of carbonyl (C=O) groups excluding carboxylic acids is 3. The predicted molar refractivity (Wildman–Crippen MR) is 127 cm³/mol. The Morgan fingerprint density at radius 1 is 1.31 bits per heavy atom. The fraction of sp³-hybridized carbons (Fsp3) is 0.476. The highest BCUT2D eigenvalue weighted by molar-refractivity contribution is 8.00. The molecule has 0 bridgehead atoms. The Bertz CT molecular complexity index is 867. The van der Waals surface area contributed by atoms with Crippen LogP contribution in [0.2, 0.25) is 0 Å². The second-order valence-corrected chi connectivity index (χ2v) is 8.76. The van der Waals surface area contributed by atoms with Crippen LogP contribution >= 0.6 is 35.8 Å². The van der Waals surface area contributed by atoms with Crippen LogP contribution in [0.5, 0.6) is 0 Å². The van der Waals surface area contributed by atoms with E-state index in [1.807, 2.05) is 19.9 Å². The van der Waals surface area contributed by atoms with E-state index in [9.17, 15) is 14.4 Å². The summed E-state index contributed by atoms with van der Waals surface area (Å²) in [5, 5.41) is 2.56. The van der Waals surface area contributed by atoms with E-state index in [2.05, 4.69) is 10.2 Å². The van der Waals surface area contributed by atoms with Gasteiger partial charge >= 0.3 is 5.97 Å². The summed E-state index contributed by atoms with van der Waals surface area (Å²) in [5.41, 5.74) is 6.74. The number of hydrogen-bond acceptors (Lipinski definition) is 7. The molecule has 32 heavy (non-hydrogen) atoms. The molecule has 0 aliphatic carbocycles. The maximum Gasteiger partial charge on any atom is 0.356 e. The van der Waals surface area contributed by atoms with Gasteiger partial charge < -0.3 is 20.7 Å². The number of thioether (sulfide) groups is 1. The van der Waals surface area contributed by atoms with Crippen molar-refractivity contribution in [2.75, 3.05) is 32.0 Å². The number of rotatable bonds is 9. The highest BCUT2D eigenvalue weighted by Crippen LogP contribution is 2.41. The minimum absolute atomic E-state index is 0. The first-order chi connectivity index (χ1) is 14.9. The Morgan fingerprint density at radius 2 is 1.97 bits per heavy atom. The molecule has 0 aromatic heterocycles. The van der Waals surface area contributed by atoms with Gasteiger partial charge in [-0.1, -0.05) is 55.8 Å². The number of carbonyl (C=O) groups is 3. The van der Waals surface area contributed by atoms with Crippen LogP contribution in [0.4, 0.5) is 0 Å². The molecule has 2 amide bonds. The Balaban J connectivity index is 0.00000363. The van der Waals surface area contributed by atoms with Gasteiger partial charge in [0, 0.05) is 12.3 Å². The number of benzene rings is 1. The van der Waals surface area contributed by atoms with Gasteiger partial charge in [-0.05, 0) is 18.7 Å². The van der Waals surface area contributed by atoms with Gasteiger partial charge in [-0.3, -0.25) is 14.5 Å². The SMILES string of the molecule is CCN(CC)CCOC(=O)C1=C(Cl)CS[C@@H]2[C@H](NC(=O)[C@H](N)c3ccccc3)C(=O)N12.Cl. The zero-order chi connectivity index (χ0) is 22.5. The predicted octanol–water partition coefficient (Wildman–Crippen LogP) is 1.84. The van der Waals surface area contributed by atoms with Gasteiger partial charge in [0.2, 0.25) is 5.91 Å². The van der Waals surface area contributed by atoms with Crippen molar-refractivity contribution in [2.24, 2.45) is 5.73 Å². The molecule has 2 aliphatic heterocycles. The van der Waals surface area contributed by atoms with Crippen LogP contribution in [0.1, 0.15) is 25.5 Å². The Kier molecular flexibility index (Phi) is 9.84. The molecule has 176 valence electrons. The maximum atomic E-state index is 12.8. The molecule has 0 spiro atoms. The van der Waals surface area contributed by atoms with Crippen molar-refractivity contribution in [2.45, 2.75) is 31.3 Å². The van der Waals surface area contributed by atoms with Crippen molar-refractivity contribution in [3.63, 3.8) is 0 Å². The van der Waals surface area contributed by atoms with Gasteiger partial charge in [0.05, 0.1) is 5.03 Å². The smallest absolute Gasteiger partial charge is 0.356 e. The van der Waals surface area contributed by atoms with E-state index in [4.69, 9.17) is 22.1 Å². The molecular weight excluding hydrogens is 475 g/mol. The summed E-state index contributed by atoms with van der Waals surface area (Å²) in [6, 6.07) is 7.27. The van der Waals surface area contributed by atoms with E-state index in [0.29, 0.717) is 17.9 Å². The molecule has 0 saturated carbocycles. The molecule has 3 rings (SSSR count). The van der Waals surface area contributed by atoms with Gasteiger partial charge in [-0.2, -0.15) is 0 Å². The zero-order valence-electron chi connectivity index (χ0n) is 18.0. The molecule has 1 fully saturated rings. The summed E-state index contributed by atoms with van der Waals surface area (Å²) in [4.78, 5) is 41.4. The van der Waals surface area contributed by atoms with E-state index in [0.717, 1.165) is 13.1 Å². The molecular formula is C21H28Cl2N4O4S. The van der Waals surface area contributed by atoms with Crippen molar-refractivity contribution in [3.05, 3.63) is 46.6 Å². The average Bonchev–Trinajstić information content (AvgIpc) is 2.79. The lowest BCUT2D eigenvalue weighted by atomic mass is 10.0. The summed E-state index contributed by atoms with van der Waals surface area (Å²) >= 11 is 7.65. The summed E-state index contributed by atoms with van der Waals surface area (Å²) in [7, 11) is 0. The maximum absolute atomic E-state index is 12.8. The van der Waals surface area contributed by atoms with Crippen LogP contribution in [-0.2, 0) is 19.1 Å². The summed E-state index contributed by atoms with van der Waals surface area (Å²) in [6.07, 6.45) is 0. The number of halogens is 2. The lowest BCUT2D eigenvalue weighted by molar-refractivity contribution is -0.153. The third-order valence-electron chi connectivity index (χ3n) is 5.39. The number of hydrogen-bond donors (Lipinski definition) is 2. The number of fused-ring (bicyclic) bond motifs is 1. The monoisotopic (exact) mass is 502 g/mol. The van der Waals surface area contributed by atoms with Crippen molar-refractivity contribution < 1.29 is 19.1 Å². The van der Waals surface area contributed by atoms with Crippen LogP contribution in [0.25, 0.3) is 0 Å². The first kappa shape index (κ1) is 26.5. The number of ether oxygens (including phenoxy) is 1. The van der Waals surface area contributed by atoms with E-state index in [1.165, 1.54) is 16.7 Å². The van der Waals surface area contributed by atoms with Gasteiger partial charge in [0.25, 0.3) is 5.91 Å². The van der Waals surface area contributed by atoms with Gasteiger partial charge in [-0.25, -0.2) is 4.79 Å². The fourth-order valence-electron chi connectivity index (χ4n) is 3.50. The number of nitrogens with two attached hydrogens (primary N) is 1. The number of β-lactam (4-membered cyclic amide) rings is 1. The van der Waals surface area contributed by atoms with Gasteiger partial charge in [-0.15, -0.1) is 24.2 Å². The normalized spacial score (nSPS) is 20.8. The van der Waals surface area contributed by atoms with E-state index in [1.54, 1.807) is 24.3 Å². The molecule has 2 aliphatic rings. The molecule has 3 atom stereocenters. The minimum atomic E-state index is -0.889. The third kappa shape index (κ3) is 5.58. The molecule has 1 aromatic rings. The summed E-state index contributed by atoms with van der Waals surface area (Å²) in [6.45, 7) is 6.58. The molecule has 8 nitrogen and oxygen atoms in total. The quantitative estimate of drug-likeness (QED) is 0.392. The number of nitrogens with zero attached hydrogens (tertiary/aromatic N) is 2. The number of amides is 2. The second-order valence-electron chi connectivity index (χ2n) is 7.20. The number of esters is 1. The number of likely N-dealkylation sites (N-methyl/N-ethyl adjacent to an activating group) is 1. The van der Waals surface area contributed by atoms with Crippen molar-refractivity contribution in [3.8, 4) is 0 Å². The fourth-order valence-corrected chi connectivity index (χ4v) is 5.05. The van der Waals surface area contributed by atoms with Crippen molar-refractivity contribution >= 4 is 53.6 Å². The molecule has 2 heterocycles. The summed E-state index contributed by atoms with van der Waals surface area (Å²) < 4.78 is 5.37.